The third-order valence-electron chi connectivity index (χ3n) is 3.37. The van der Waals surface area contributed by atoms with Crippen LogP contribution in [-0.4, -0.2) is 0 Å². The Morgan fingerprint density at radius 3 is 2.21 bits per heavy atom. The summed E-state index contributed by atoms with van der Waals surface area (Å²) >= 11 is 0. The van der Waals surface area contributed by atoms with Crippen molar-refractivity contribution in [3.05, 3.63) is 23.8 Å². The van der Waals surface area contributed by atoms with Gasteiger partial charge < -0.3 is 0 Å². The van der Waals surface area contributed by atoms with Crippen LogP contribution < -0.4 is 0 Å². The van der Waals surface area contributed by atoms with Gasteiger partial charge in [0.15, 0.2) is 0 Å². The van der Waals surface area contributed by atoms with E-state index in [1.165, 1.54) is 17.6 Å². The van der Waals surface area contributed by atoms with Crippen LogP contribution in [0.5, 0.6) is 0 Å². The molecule has 0 aliphatic heterocycles. The molecule has 1 atom stereocenters. The predicted molar refractivity (Wildman–Crippen MR) is 64.2 cm³/mol. The maximum Gasteiger partial charge on any atom is -0.00682 e. The van der Waals surface area contributed by atoms with Crippen LogP contribution in [0.3, 0.4) is 0 Å². The Morgan fingerprint density at radius 2 is 1.86 bits per heavy atom. The molecule has 0 radical (unpaired) electrons. The highest BCUT2D eigenvalue weighted by atomic mass is 14.5. The van der Waals surface area contributed by atoms with Crippen LogP contribution in [0.25, 0.3) is 0 Å². The zero-order valence-electron chi connectivity index (χ0n) is 10.6. The number of allylic oxidation sites excluding steroid dienone is 3. The van der Waals surface area contributed by atoms with Crippen molar-refractivity contribution in [3.8, 4) is 0 Å². The first kappa shape index (κ1) is 11.6. The molecule has 0 spiro atoms. The van der Waals surface area contributed by atoms with Crippen molar-refractivity contribution in [3.63, 3.8) is 0 Å². The van der Waals surface area contributed by atoms with Gasteiger partial charge in [-0.1, -0.05) is 51.5 Å². The minimum absolute atomic E-state index is 0.262. The van der Waals surface area contributed by atoms with Gasteiger partial charge in [-0.3, -0.25) is 0 Å². The summed E-state index contributed by atoms with van der Waals surface area (Å²) in [6.07, 6.45) is 3.63. The zero-order chi connectivity index (χ0) is 11.1. The van der Waals surface area contributed by atoms with E-state index in [2.05, 4.69) is 54.2 Å². The summed E-state index contributed by atoms with van der Waals surface area (Å²) in [5, 5.41) is 0. The Hall–Kier alpha value is -0.520. The highest BCUT2D eigenvalue weighted by Gasteiger charge is 2.42. The van der Waals surface area contributed by atoms with E-state index in [-0.39, 0.29) is 5.41 Å². The van der Waals surface area contributed by atoms with Gasteiger partial charge in [0.25, 0.3) is 0 Å². The fourth-order valence-electron chi connectivity index (χ4n) is 3.90. The van der Waals surface area contributed by atoms with Crippen molar-refractivity contribution in [2.75, 3.05) is 0 Å². The van der Waals surface area contributed by atoms with Gasteiger partial charge in [-0.05, 0) is 37.0 Å². The summed E-state index contributed by atoms with van der Waals surface area (Å²) in [7, 11) is 0. The van der Waals surface area contributed by atoms with Gasteiger partial charge in [0.05, 0.1) is 0 Å². The fourth-order valence-corrected chi connectivity index (χ4v) is 3.90. The first-order valence-electron chi connectivity index (χ1n) is 5.50. The minimum atomic E-state index is 0.262. The molecular formula is C14H24. The standard InChI is InChI=1S/C14H24/c1-10(2)12-13(4,5)8-11(3)9-14(12,6)7/h8,12H,1,9H2,2-7H3. The third-order valence-corrected chi connectivity index (χ3v) is 3.37. The summed E-state index contributed by atoms with van der Waals surface area (Å²) in [5.41, 5.74) is 3.47. The van der Waals surface area contributed by atoms with E-state index in [9.17, 15) is 0 Å². The fraction of sp³-hybridized carbons (Fsp3) is 0.714. The lowest BCUT2D eigenvalue weighted by Crippen LogP contribution is -2.39. The second kappa shape index (κ2) is 3.25. The average molecular weight is 192 g/mol. The lowest BCUT2D eigenvalue weighted by Gasteiger charge is -2.48. The van der Waals surface area contributed by atoms with E-state index < -0.39 is 0 Å². The molecule has 0 amide bonds. The molecule has 0 heterocycles. The molecule has 0 saturated carbocycles. The zero-order valence-corrected chi connectivity index (χ0v) is 10.6. The molecule has 0 aromatic carbocycles. The van der Waals surface area contributed by atoms with Crippen molar-refractivity contribution < 1.29 is 0 Å². The van der Waals surface area contributed by atoms with E-state index >= 15 is 0 Å². The molecule has 0 heteroatoms. The molecule has 80 valence electrons. The lowest BCUT2D eigenvalue weighted by molar-refractivity contribution is 0.125. The summed E-state index contributed by atoms with van der Waals surface area (Å²) in [6, 6.07) is 0. The molecule has 0 aromatic heterocycles. The molecule has 0 nitrogen and oxygen atoms in total. The maximum atomic E-state index is 4.17. The molecule has 0 saturated heterocycles. The van der Waals surface area contributed by atoms with Gasteiger partial charge in [-0.15, -0.1) is 0 Å². The van der Waals surface area contributed by atoms with E-state index in [1.54, 1.807) is 0 Å². The first-order valence-corrected chi connectivity index (χ1v) is 5.50. The molecule has 0 N–H and O–H groups in total. The van der Waals surface area contributed by atoms with Crippen LogP contribution in [0.2, 0.25) is 0 Å². The van der Waals surface area contributed by atoms with Gasteiger partial charge in [0, 0.05) is 0 Å². The molecule has 1 unspecified atom stereocenters. The monoisotopic (exact) mass is 192 g/mol. The van der Waals surface area contributed by atoms with Crippen LogP contribution in [-0.2, 0) is 0 Å². The second-order valence-corrected chi connectivity index (χ2v) is 6.26. The summed E-state index contributed by atoms with van der Waals surface area (Å²) in [4.78, 5) is 0. The Bertz CT molecular complexity index is 276. The van der Waals surface area contributed by atoms with E-state index in [0.29, 0.717) is 11.3 Å². The summed E-state index contributed by atoms with van der Waals surface area (Å²) < 4.78 is 0. The average Bonchev–Trinajstić information content (AvgIpc) is 1.75. The van der Waals surface area contributed by atoms with Crippen molar-refractivity contribution in [2.24, 2.45) is 16.7 Å². The number of hydrogen-bond acceptors (Lipinski definition) is 0. The Balaban J connectivity index is 3.18. The van der Waals surface area contributed by atoms with Gasteiger partial charge >= 0.3 is 0 Å². The second-order valence-electron chi connectivity index (χ2n) is 6.26. The van der Waals surface area contributed by atoms with Crippen molar-refractivity contribution in [1.29, 1.82) is 0 Å². The number of hydrogen-bond donors (Lipinski definition) is 0. The van der Waals surface area contributed by atoms with Crippen LogP contribution >= 0.6 is 0 Å². The molecule has 1 rings (SSSR count). The molecule has 14 heavy (non-hydrogen) atoms. The van der Waals surface area contributed by atoms with Crippen LogP contribution in [0.4, 0.5) is 0 Å². The molecule has 1 aliphatic rings. The van der Waals surface area contributed by atoms with Gasteiger partial charge in [0.1, 0.15) is 0 Å². The molecule has 0 aromatic rings. The Morgan fingerprint density at radius 1 is 1.36 bits per heavy atom. The Labute approximate surface area is 89.1 Å². The topological polar surface area (TPSA) is 0 Å². The van der Waals surface area contributed by atoms with Crippen molar-refractivity contribution >= 4 is 0 Å². The van der Waals surface area contributed by atoms with E-state index in [1.807, 2.05) is 0 Å². The Kier molecular flexibility index (Phi) is 2.69. The van der Waals surface area contributed by atoms with E-state index in [0.717, 1.165) is 0 Å². The molecule has 0 bridgehead atoms. The van der Waals surface area contributed by atoms with Crippen LogP contribution in [0, 0.1) is 16.7 Å². The van der Waals surface area contributed by atoms with Gasteiger partial charge in [-0.25, -0.2) is 0 Å². The molecular weight excluding hydrogens is 168 g/mol. The maximum absolute atomic E-state index is 4.17. The molecule has 1 aliphatic carbocycles. The summed E-state index contributed by atoms with van der Waals surface area (Å²) in [6.45, 7) is 18.0. The SMILES string of the molecule is C=C(C)C1C(C)(C)C=C(C)CC1(C)C. The van der Waals surface area contributed by atoms with Crippen molar-refractivity contribution in [2.45, 2.75) is 48.0 Å². The first-order chi connectivity index (χ1) is 6.17. The highest BCUT2D eigenvalue weighted by molar-refractivity contribution is 5.22. The molecule has 0 fully saturated rings. The largest absolute Gasteiger partial charge is 0.0998 e. The summed E-state index contributed by atoms with van der Waals surface area (Å²) in [5.74, 6) is 0.596. The predicted octanol–water partition coefficient (Wildman–Crippen LogP) is 4.58. The third kappa shape index (κ3) is 1.94. The van der Waals surface area contributed by atoms with Gasteiger partial charge in [0.2, 0.25) is 0 Å². The normalized spacial score (nSPS) is 29.6. The number of rotatable bonds is 1. The van der Waals surface area contributed by atoms with Crippen molar-refractivity contribution in [1.82, 2.24) is 0 Å². The van der Waals surface area contributed by atoms with Gasteiger partial charge in [-0.2, -0.15) is 0 Å². The quantitative estimate of drug-likeness (QED) is 0.533. The van der Waals surface area contributed by atoms with Crippen LogP contribution in [0.1, 0.15) is 48.0 Å². The van der Waals surface area contributed by atoms with Crippen LogP contribution in [0.15, 0.2) is 23.8 Å². The minimum Gasteiger partial charge on any atom is -0.0998 e. The smallest absolute Gasteiger partial charge is 0.00682 e. The van der Waals surface area contributed by atoms with E-state index in [4.69, 9.17) is 0 Å². The lowest BCUT2D eigenvalue weighted by atomic mass is 9.57. The highest BCUT2D eigenvalue weighted by Crippen LogP contribution is 2.52.